The summed E-state index contributed by atoms with van der Waals surface area (Å²) in [4.78, 5) is 15.2. The highest BCUT2D eigenvalue weighted by Crippen LogP contribution is 2.26. The molecule has 0 aromatic rings. The standard InChI is InChI=1S/C12H20F3N3O.2ClH/c13-12(14,15)8-17-4-6-18(7-5-17)11(19)9-2-1-3-10(9)16;;/h9-10H,1-8,16H2;2*1H. The van der Waals surface area contributed by atoms with Gasteiger partial charge in [0.05, 0.1) is 12.5 Å². The van der Waals surface area contributed by atoms with Crippen molar-refractivity contribution in [2.75, 3.05) is 32.7 Å². The van der Waals surface area contributed by atoms with Crippen LogP contribution in [0.15, 0.2) is 0 Å². The fourth-order valence-electron chi connectivity index (χ4n) is 2.91. The highest BCUT2D eigenvalue weighted by molar-refractivity contribution is 5.85. The van der Waals surface area contributed by atoms with E-state index in [9.17, 15) is 18.0 Å². The molecule has 0 spiro atoms. The van der Waals surface area contributed by atoms with Crippen molar-refractivity contribution in [3.05, 3.63) is 0 Å². The van der Waals surface area contributed by atoms with Crippen LogP contribution in [-0.4, -0.2) is 60.6 Å². The Balaban J connectivity index is 0.00000200. The van der Waals surface area contributed by atoms with Crippen molar-refractivity contribution in [3.8, 4) is 0 Å². The monoisotopic (exact) mass is 351 g/mol. The van der Waals surface area contributed by atoms with Gasteiger partial charge in [-0.2, -0.15) is 13.2 Å². The van der Waals surface area contributed by atoms with Crippen LogP contribution in [0.25, 0.3) is 0 Å². The zero-order valence-electron chi connectivity index (χ0n) is 11.6. The molecule has 0 bridgehead atoms. The molecule has 1 amide bonds. The van der Waals surface area contributed by atoms with Gasteiger partial charge in [0.2, 0.25) is 5.91 Å². The normalized spacial score (nSPS) is 27.0. The highest BCUT2D eigenvalue weighted by Gasteiger charge is 2.36. The zero-order valence-corrected chi connectivity index (χ0v) is 13.3. The van der Waals surface area contributed by atoms with E-state index in [1.54, 1.807) is 4.90 Å². The van der Waals surface area contributed by atoms with Gasteiger partial charge in [-0.05, 0) is 12.8 Å². The SMILES string of the molecule is Cl.Cl.NC1CCCC1C(=O)N1CCN(CC(F)(F)F)CC1. The molecule has 126 valence electrons. The lowest BCUT2D eigenvalue weighted by molar-refractivity contribution is -0.152. The topological polar surface area (TPSA) is 49.6 Å². The van der Waals surface area contributed by atoms with Crippen molar-refractivity contribution >= 4 is 30.7 Å². The van der Waals surface area contributed by atoms with E-state index in [1.807, 2.05) is 0 Å². The van der Waals surface area contributed by atoms with Crippen molar-refractivity contribution in [2.24, 2.45) is 11.7 Å². The summed E-state index contributed by atoms with van der Waals surface area (Å²) < 4.78 is 36.8. The number of hydrogen-bond acceptors (Lipinski definition) is 3. The first kappa shape index (κ1) is 20.8. The van der Waals surface area contributed by atoms with E-state index in [-0.39, 0.29) is 55.8 Å². The van der Waals surface area contributed by atoms with Gasteiger partial charge in [0.1, 0.15) is 0 Å². The summed E-state index contributed by atoms with van der Waals surface area (Å²) in [7, 11) is 0. The lowest BCUT2D eigenvalue weighted by Crippen LogP contribution is -2.53. The molecule has 0 aromatic heterocycles. The van der Waals surface area contributed by atoms with Crippen molar-refractivity contribution < 1.29 is 18.0 Å². The number of nitrogens with two attached hydrogens (primary N) is 1. The molecule has 1 aliphatic heterocycles. The molecule has 4 nitrogen and oxygen atoms in total. The highest BCUT2D eigenvalue weighted by atomic mass is 35.5. The minimum atomic E-state index is -4.17. The van der Waals surface area contributed by atoms with Crippen LogP contribution in [0.3, 0.4) is 0 Å². The van der Waals surface area contributed by atoms with E-state index in [0.29, 0.717) is 13.1 Å². The largest absolute Gasteiger partial charge is 0.401 e. The average molecular weight is 352 g/mol. The molecular weight excluding hydrogens is 330 g/mol. The van der Waals surface area contributed by atoms with E-state index >= 15 is 0 Å². The van der Waals surface area contributed by atoms with Gasteiger partial charge < -0.3 is 10.6 Å². The van der Waals surface area contributed by atoms with Gasteiger partial charge in [0.15, 0.2) is 0 Å². The molecule has 21 heavy (non-hydrogen) atoms. The van der Waals surface area contributed by atoms with E-state index in [2.05, 4.69) is 0 Å². The maximum absolute atomic E-state index is 12.3. The van der Waals surface area contributed by atoms with Gasteiger partial charge in [-0.15, -0.1) is 24.8 Å². The first-order valence-corrected chi connectivity index (χ1v) is 6.70. The summed E-state index contributed by atoms with van der Waals surface area (Å²) in [6, 6.07) is -0.0827. The smallest absolute Gasteiger partial charge is 0.340 e. The molecule has 2 atom stereocenters. The molecule has 0 aromatic carbocycles. The lowest BCUT2D eigenvalue weighted by atomic mass is 10.0. The van der Waals surface area contributed by atoms with Crippen LogP contribution >= 0.6 is 24.8 Å². The number of piperazine rings is 1. The zero-order chi connectivity index (χ0) is 14.0. The van der Waals surface area contributed by atoms with E-state index in [1.165, 1.54) is 4.90 Å². The van der Waals surface area contributed by atoms with Gasteiger partial charge in [-0.1, -0.05) is 6.42 Å². The molecule has 9 heteroatoms. The van der Waals surface area contributed by atoms with E-state index in [0.717, 1.165) is 19.3 Å². The minimum Gasteiger partial charge on any atom is -0.340 e. The van der Waals surface area contributed by atoms with Crippen molar-refractivity contribution in [2.45, 2.75) is 31.5 Å². The summed E-state index contributed by atoms with van der Waals surface area (Å²) in [5, 5.41) is 0. The third kappa shape index (κ3) is 5.81. The Labute approximate surface area is 135 Å². The molecule has 1 aliphatic carbocycles. The van der Waals surface area contributed by atoms with Crippen LogP contribution in [-0.2, 0) is 4.79 Å². The number of carbonyl (C=O) groups is 1. The van der Waals surface area contributed by atoms with Crippen LogP contribution in [0.4, 0.5) is 13.2 Å². The van der Waals surface area contributed by atoms with E-state index in [4.69, 9.17) is 5.73 Å². The number of hydrogen-bond donors (Lipinski definition) is 1. The van der Waals surface area contributed by atoms with Crippen LogP contribution in [0, 0.1) is 5.92 Å². The average Bonchev–Trinajstić information content (AvgIpc) is 2.73. The second-order valence-electron chi connectivity index (χ2n) is 5.42. The Hall–Kier alpha value is -0.240. The summed E-state index contributed by atoms with van der Waals surface area (Å²) in [6.45, 7) is 0.425. The Morgan fingerprint density at radius 1 is 1.10 bits per heavy atom. The molecule has 1 saturated carbocycles. The second-order valence-corrected chi connectivity index (χ2v) is 5.42. The van der Waals surface area contributed by atoms with Crippen molar-refractivity contribution in [1.29, 1.82) is 0 Å². The molecule has 1 heterocycles. The van der Waals surface area contributed by atoms with Gasteiger partial charge >= 0.3 is 6.18 Å². The summed E-state index contributed by atoms with van der Waals surface area (Å²) in [5.41, 5.74) is 5.89. The molecule has 2 rings (SSSR count). The number of carbonyl (C=O) groups excluding carboxylic acids is 1. The number of halogens is 5. The number of nitrogens with zero attached hydrogens (tertiary/aromatic N) is 2. The molecule has 0 radical (unpaired) electrons. The number of alkyl halides is 3. The predicted molar refractivity (Wildman–Crippen MR) is 78.9 cm³/mol. The fourth-order valence-corrected chi connectivity index (χ4v) is 2.91. The van der Waals surface area contributed by atoms with Crippen molar-refractivity contribution in [3.63, 3.8) is 0 Å². The third-order valence-corrected chi connectivity index (χ3v) is 3.97. The maximum Gasteiger partial charge on any atom is 0.401 e. The molecule has 2 aliphatic rings. The van der Waals surface area contributed by atoms with E-state index < -0.39 is 12.7 Å². The Kier molecular flexibility index (Phi) is 8.31. The summed E-state index contributed by atoms with van der Waals surface area (Å²) in [6.07, 6.45) is -1.53. The summed E-state index contributed by atoms with van der Waals surface area (Å²) >= 11 is 0. The lowest BCUT2D eigenvalue weighted by Gasteiger charge is -2.36. The maximum atomic E-state index is 12.3. The van der Waals surface area contributed by atoms with Crippen LogP contribution in [0.1, 0.15) is 19.3 Å². The van der Waals surface area contributed by atoms with Gasteiger partial charge in [0, 0.05) is 32.2 Å². The number of rotatable bonds is 2. The molecule has 2 N–H and O–H groups in total. The fraction of sp³-hybridized carbons (Fsp3) is 0.917. The first-order valence-electron chi connectivity index (χ1n) is 6.70. The Bertz CT molecular complexity index is 336. The van der Waals surface area contributed by atoms with Gasteiger partial charge in [0.25, 0.3) is 0 Å². The summed E-state index contributed by atoms with van der Waals surface area (Å²) in [5.74, 6) is -0.106. The Morgan fingerprint density at radius 3 is 2.10 bits per heavy atom. The number of amides is 1. The molecule has 1 saturated heterocycles. The third-order valence-electron chi connectivity index (χ3n) is 3.97. The molecular formula is C12H22Cl2F3N3O. The Morgan fingerprint density at radius 2 is 1.67 bits per heavy atom. The molecule has 2 fully saturated rings. The first-order chi connectivity index (χ1) is 8.87. The van der Waals surface area contributed by atoms with Crippen LogP contribution in [0.2, 0.25) is 0 Å². The quantitative estimate of drug-likeness (QED) is 0.823. The molecule has 2 unspecified atom stereocenters. The second kappa shape index (κ2) is 8.41. The van der Waals surface area contributed by atoms with Crippen LogP contribution in [0.5, 0.6) is 0 Å². The predicted octanol–water partition coefficient (Wildman–Crippen LogP) is 1.66. The van der Waals surface area contributed by atoms with Gasteiger partial charge in [-0.25, -0.2) is 0 Å². The minimum absolute atomic E-state index is 0. The van der Waals surface area contributed by atoms with Gasteiger partial charge in [-0.3, -0.25) is 9.69 Å². The van der Waals surface area contributed by atoms with Crippen molar-refractivity contribution in [1.82, 2.24) is 9.80 Å². The van der Waals surface area contributed by atoms with Crippen LogP contribution < -0.4 is 5.73 Å².